The van der Waals surface area contributed by atoms with Gasteiger partial charge in [-0.05, 0) is 49.3 Å². The molecular formula is C24H23F2N5O2. The number of alkyl halides is 2. The van der Waals surface area contributed by atoms with E-state index in [0.29, 0.717) is 28.9 Å². The number of aliphatic hydroxyl groups excluding tert-OH is 1. The summed E-state index contributed by atoms with van der Waals surface area (Å²) in [6.07, 6.45) is 2.87. The number of likely N-dealkylation sites (tertiary alicyclic amines) is 1. The summed E-state index contributed by atoms with van der Waals surface area (Å²) in [5.41, 5.74) is 2.08. The number of piperidine rings is 1. The third kappa shape index (κ3) is 3.29. The second kappa shape index (κ2) is 7.50. The molecule has 0 amide bonds. The Morgan fingerprint density at radius 2 is 1.94 bits per heavy atom. The summed E-state index contributed by atoms with van der Waals surface area (Å²) >= 11 is 0. The summed E-state index contributed by atoms with van der Waals surface area (Å²) in [5.74, 6) is 1.33. The Bertz CT molecular complexity index is 1180. The number of rotatable bonds is 6. The van der Waals surface area contributed by atoms with Crippen LogP contribution in [0.1, 0.15) is 42.3 Å². The second-order valence-electron chi connectivity index (χ2n) is 9.20. The van der Waals surface area contributed by atoms with Gasteiger partial charge in [-0.2, -0.15) is 0 Å². The molecule has 170 valence electrons. The summed E-state index contributed by atoms with van der Waals surface area (Å²) < 4.78 is 31.7. The first-order valence-corrected chi connectivity index (χ1v) is 11.1. The zero-order chi connectivity index (χ0) is 22.7. The topological polar surface area (TPSA) is 84.3 Å². The molecule has 0 radical (unpaired) electrons. The lowest BCUT2D eigenvalue weighted by atomic mass is 9.72. The van der Waals surface area contributed by atoms with Crippen molar-refractivity contribution >= 4 is 0 Å². The molecule has 1 N–H and O–H groups in total. The van der Waals surface area contributed by atoms with Gasteiger partial charge in [0.15, 0.2) is 5.82 Å². The second-order valence-corrected chi connectivity index (χ2v) is 9.20. The number of ether oxygens (including phenoxy) is 1. The minimum atomic E-state index is -2.56. The van der Waals surface area contributed by atoms with Crippen LogP contribution in [0.3, 0.4) is 0 Å². The molecule has 1 aliphatic heterocycles. The van der Waals surface area contributed by atoms with E-state index in [1.165, 1.54) is 12.1 Å². The summed E-state index contributed by atoms with van der Waals surface area (Å²) in [6.45, 7) is 2.66. The molecule has 33 heavy (non-hydrogen) atoms. The largest absolute Gasteiger partial charge is 0.473 e. The summed E-state index contributed by atoms with van der Waals surface area (Å²) in [5, 5.41) is 11.5. The molecule has 3 aromatic heterocycles. The van der Waals surface area contributed by atoms with Crippen LogP contribution in [0.25, 0.3) is 11.5 Å². The van der Waals surface area contributed by atoms with E-state index < -0.39 is 12.7 Å². The van der Waals surface area contributed by atoms with Crippen LogP contribution >= 0.6 is 0 Å². The van der Waals surface area contributed by atoms with Gasteiger partial charge in [-0.25, -0.2) is 28.7 Å². The van der Waals surface area contributed by atoms with Crippen LogP contribution in [0.15, 0.2) is 48.9 Å². The maximum Gasteiger partial charge on any atom is 0.265 e. The molecule has 4 heterocycles. The third-order valence-corrected chi connectivity index (χ3v) is 7.31. The van der Waals surface area contributed by atoms with E-state index in [-0.39, 0.29) is 23.1 Å². The molecule has 5 unspecified atom stereocenters. The Morgan fingerprint density at radius 3 is 2.67 bits per heavy atom. The highest BCUT2D eigenvalue weighted by Crippen LogP contribution is 2.72. The van der Waals surface area contributed by atoms with Gasteiger partial charge in [0.1, 0.15) is 18.0 Å². The lowest BCUT2D eigenvalue weighted by Gasteiger charge is -2.48. The molecule has 1 saturated heterocycles. The molecule has 0 aromatic carbocycles. The molecule has 9 heteroatoms. The van der Waals surface area contributed by atoms with Crippen LogP contribution in [0.4, 0.5) is 8.78 Å². The highest BCUT2D eigenvalue weighted by molar-refractivity contribution is 5.55. The highest BCUT2D eigenvalue weighted by atomic mass is 19.3. The Hall–Kier alpha value is -3.04. The van der Waals surface area contributed by atoms with Crippen LogP contribution in [-0.2, 0) is 0 Å². The summed E-state index contributed by atoms with van der Waals surface area (Å²) in [6, 6.07) is 8.36. The Morgan fingerprint density at radius 1 is 1.12 bits per heavy atom. The number of aromatic nitrogens is 4. The lowest BCUT2D eigenvalue weighted by Crippen LogP contribution is -2.58. The molecule has 1 spiro atoms. The fourth-order valence-electron chi connectivity index (χ4n) is 5.65. The summed E-state index contributed by atoms with van der Waals surface area (Å²) in [4.78, 5) is 19.4. The average Bonchev–Trinajstić information content (AvgIpc) is 3.47. The van der Waals surface area contributed by atoms with Gasteiger partial charge in [-0.15, -0.1) is 0 Å². The summed E-state index contributed by atoms with van der Waals surface area (Å²) in [7, 11) is 0. The van der Waals surface area contributed by atoms with Gasteiger partial charge < -0.3 is 9.84 Å². The van der Waals surface area contributed by atoms with Gasteiger partial charge in [0.05, 0.1) is 6.04 Å². The van der Waals surface area contributed by atoms with Gasteiger partial charge >= 0.3 is 0 Å². The van der Waals surface area contributed by atoms with Gasteiger partial charge in [-0.3, -0.25) is 4.90 Å². The first-order valence-electron chi connectivity index (χ1n) is 11.1. The van der Waals surface area contributed by atoms with Crippen LogP contribution in [0, 0.1) is 18.3 Å². The van der Waals surface area contributed by atoms with E-state index >= 15 is 0 Å². The monoisotopic (exact) mass is 451 g/mol. The van der Waals surface area contributed by atoms with Crippen molar-refractivity contribution in [1.82, 2.24) is 24.8 Å². The quantitative estimate of drug-likeness (QED) is 0.612. The standard InChI is InChI=1S/C24H23F2N5O2/c1-13-3-5-16(19(30-13)22-27-7-2-8-28-22)23(32)31-12-15-9-24(15)10-17(20(24)31)33-18-6-4-14(11-29-18)21(25)26/h2-8,11,15,17,20-21,23,32H,9-10,12H2,1H3. The number of nitrogens with zero attached hydrogens (tertiary/aromatic N) is 5. The number of pyridine rings is 2. The third-order valence-electron chi connectivity index (χ3n) is 7.31. The van der Waals surface area contributed by atoms with Crippen LogP contribution in [-0.4, -0.2) is 48.6 Å². The van der Waals surface area contributed by atoms with E-state index in [2.05, 4.69) is 24.8 Å². The first-order chi connectivity index (χ1) is 16.0. The SMILES string of the molecule is Cc1ccc(C(O)N2CC3CC34CC(Oc3ccc(C(F)F)cn3)C24)c(-c2ncccn2)n1. The maximum absolute atomic E-state index is 12.8. The molecule has 7 nitrogen and oxygen atoms in total. The Balaban J connectivity index is 1.26. The normalized spacial score (nSPS) is 28.7. The van der Waals surface area contributed by atoms with Crippen LogP contribution in [0.5, 0.6) is 5.88 Å². The fourth-order valence-corrected chi connectivity index (χ4v) is 5.65. The number of aryl methyl sites for hydroxylation is 1. The van der Waals surface area contributed by atoms with Crippen molar-refractivity contribution in [2.75, 3.05) is 6.54 Å². The zero-order valence-electron chi connectivity index (χ0n) is 18.0. The van der Waals surface area contributed by atoms with Crippen LogP contribution < -0.4 is 4.74 Å². The number of aliphatic hydroxyl groups is 1. The molecular weight excluding hydrogens is 428 g/mol. The van der Waals surface area contributed by atoms with E-state index in [1.807, 2.05) is 19.1 Å². The predicted molar refractivity (Wildman–Crippen MR) is 114 cm³/mol. The minimum absolute atomic E-state index is 0.0277. The zero-order valence-corrected chi connectivity index (χ0v) is 18.0. The first kappa shape index (κ1) is 20.6. The fraction of sp³-hybridized carbons (Fsp3) is 0.417. The lowest BCUT2D eigenvalue weighted by molar-refractivity contribution is -0.108. The van der Waals surface area contributed by atoms with E-state index in [4.69, 9.17) is 4.74 Å². The Kier molecular flexibility index (Phi) is 4.67. The van der Waals surface area contributed by atoms with E-state index in [0.717, 1.165) is 31.3 Å². The van der Waals surface area contributed by atoms with Gasteiger partial charge in [0, 0.05) is 48.0 Å². The van der Waals surface area contributed by atoms with Crippen molar-refractivity contribution in [1.29, 1.82) is 0 Å². The van der Waals surface area contributed by atoms with Gasteiger partial charge in [0.25, 0.3) is 6.43 Å². The number of halogens is 2. The Labute approximate surface area is 189 Å². The van der Waals surface area contributed by atoms with E-state index in [1.54, 1.807) is 18.5 Å². The minimum Gasteiger partial charge on any atom is -0.473 e. The molecule has 3 aliphatic rings. The molecule has 2 aliphatic carbocycles. The van der Waals surface area contributed by atoms with Gasteiger partial charge in [0.2, 0.25) is 5.88 Å². The molecule has 6 rings (SSSR count). The van der Waals surface area contributed by atoms with Crippen LogP contribution in [0.2, 0.25) is 0 Å². The average molecular weight is 451 g/mol. The molecule has 3 aromatic rings. The van der Waals surface area contributed by atoms with Crippen molar-refractivity contribution in [2.45, 2.75) is 44.6 Å². The predicted octanol–water partition coefficient (Wildman–Crippen LogP) is 3.71. The highest BCUT2D eigenvalue weighted by Gasteiger charge is 2.75. The molecule has 3 fully saturated rings. The van der Waals surface area contributed by atoms with Crippen molar-refractivity contribution < 1.29 is 18.6 Å². The molecule has 2 saturated carbocycles. The number of hydrogen-bond acceptors (Lipinski definition) is 7. The van der Waals surface area contributed by atoms with E-state index in [9.17, 15) is 13.9 Å². The van der Waals surface area contributed by atoms with Gasteiger partial charge in [-0.1, -0.05) is 6.07 Å². The van der Waals surface area contributed by atoms with Crippen molar-refractivity contribution in [3.63, 3.8) is 0 Å². The number of hydrogen-bond donors (Lipinski definition) is 1. The molecule has 0 bridgehead atoms. The van der Waals surface area contributed by atoms with Crippen molar-refractivity contribution in [2.24, 2.45) is 11.3 Å². The maximum atomic E-state index is 12.8. The van der Waals surface area contributed by atoms with Crippen molar-refractivity contribution in [3.8, 4) is 17.4 Å². The van der Waals surface area contributed by atoms with Crippen molar-refractivity contribution in [3.05, 3.63) is 65.7 Å². The smallest absolute Gasteiger partial charge is 0.265 e. The molecule has 5 atom stereocenters.